The molecular formula is C12H20N2. The van der Waals surface area contributed by atoms with Gasteiger partial charge in [-0.25, -0.2) is 0 Å². The molecule has 0 radical (unpaired) electrons. The summed E-state index contributed by atoms with van der Waals surface area (Å²) in [5.41, 5.74) is 2.53. The standard InChI is InChI=1S/C12H20N2/c1-11(2,3)9-7-10(12(4,5)6)14-13-8-9/h7-8H,1-6H3. The predicted octanol–water partition coefficient (Wildman–Crippen LogP) is 3.07. The normalized spacial score (nSPS) is 13.0. The lowest BCUT2D eigenvalue weighted by Crippen LogP contribution is -2.18. The fourth-order valence-corrected chi connectivity index (χ4v) is 1.14. The summed E-state index contributed by atoms with van der Waals surface area (Å²) in [5.74, 6) is 0. The van der Waals surface area contributed by atoms with Gasteiger partial charge in [-0.1, -0.05) is 41.5 Å². The van der Waals surface area contributed by atoms with Crippen LogP contribution in [0.3, 0.4) is 0 Å². The van der Waals surface area contributed by atoms with Crippen LogP contribution in [0.4, 0.5) is 0 Å². The van der Waals surface area contributed by atoms with Crippen molar-refractivity contribution in [3.63, 3.8) is 0 Å². The lowest BCUT2D eigenvalue weighted by Gasteiger charge is -2.22. The summed E-state index contributed by atoms with van der Waals surface area (Å²) < 4.78 is 0. The van der Waals surface area contributed by atoms with Crippen molar-refractivity contribution >= 4 is 0 Å². The fourth-order valence-electron chi connectivity index (χ4n) is 1.14. The van der Waals surface area contributed by atoms with Crippen molar-refractivity contribution in [1.82, 2.24) is 10.2 Å². The first-order valence-electron chi connectivity index (χ1n) is 5.05. The van der Waals surface area contributed by atoms with Gasteiger partial charge in [-0.2, -0.15) is 10.2 Å². The molecule has 1 aromatic heterocycles. The van der Waals surface area contributed by atoms with Crippen LogP contribution in [0.5, 0.6) is 0 Å². The first-order valence-corrected chi connectivity index (χ1v) is 5.05. The first kappa shape index (κ1) is 11.2. The van der Waals surface area contributed by atoms with E-state index in [0.717, 1.165) is 5.69 Å². The Balaban J connectivity index is 3.15. The van der Waals surface area contributed by atoms with Crippen LogP contribution in [0.2, 0.25) is 0 Å². The second-order valence-corrected chi connectivity index (χ2v) is 5.83. The lowest BCUT2D eigenvalue weighted by atomic mass is 9.85. The molecule has 14 heavy (non-hydrogen) atoms. The van der Waals surface area contributed by atoms with E-state index in [1.54, 1.807) is 0 Å². The minimum Gasteiger partial charge on any atom is -0.159 e. The summed E-state index contributed by atoms with van der Waals surface area (Å²) in [6, 6.07) is 2.16. The minimum absolute atomic E-state index is 0.0776. The van der Waals surface area contributed by atoms with Gasteiger partial charge in [0.1, 0.15) is 0 Å². The highest BCUT2D eigenvalue weighted by atomic mass is 15.1. The van der Waals surface area contributed by atoms with Crippen molar-refractivity contribution < 1.29 is 0 Å². The molecular weight excluding hydrogens is 172 g/mol. The van der Waals surface area contributed by atoms with Gasteiger partial charge < -0.3 is 0 Å². The highest BCUT2D eigenvalue weighted by molar-refractivity contribution is 5.23. The molecule has 0 fully saturated rings. The molecule has 0 aliphatic rings. The van der Waals surface area contributed by atoms with Crippen LogP contribution in [0.15, 0.2) is 12.3 Å². The van der Waals surface area contributed by atoms with Crippen LogP contribution < -0.4 is 0 Å². The largest absolute Gasteiger partial charge is 0.159 e. The summed E-state index contributed by atoms with van der Waals surface area (Å²) >= 11 is 0. The molecule has 78 valence electrons. The van der Waals surface area contributed by atoms with Gasteiger partial charge in [0.25, 0.3) is 0 Å². The molecule has 2 heteroatoms. The molecule has 0 aliphatic carbocycles. The van der Waals surface area contributed by atoms with E-state index in [9.17, 15) is 0 Å². The highest BCUT2D eigenvalue weighted by Gasteiger charge is 2.20. The summed E-state index contributed by atoms with van der Waals surface area (Å²) in [6.07, 6.45) is 1.86. The van der Waals surface area contributed by atoms with Gasteiger partial charge in [-0.05, 0) is 17.0 Å². The molecule has 0 saturated carbocycles. The third kappa shape index (κ3) is 2.53. The van der Waals surface area contributed by atoms with Crippen molar-refractivity contribution in [3.05, 3.63) is 23.5 Å². The van der Waals surface area contributed by atoms with Crippen molar-refractivity contribution in [3.8, 4) is 0 Å². The number of aromatic nitrogens is 2. The van der Waals surface area contributed by atoms with Crippen molar-refractivity contribution in [2.45, 2.75) is 52.4 Å². The molecule has 0 saturated heterocycles. The number of nitrogens with zero attached hydrogens (tertiary/aromatic N) is 2. The fraction of sp³-hybridized carbons (Fsp3) is 0.667. The van der Waals surface area contributed by atoms with Gasteiger partial charge in [0, 0.05) is 5.41 Å². The van der Waals surface area contributed by atoms with E-state index < -0.39 is 0 Å². The van der Waals surface area contributed by atoms with E-state index in [0.29, 0.717) is 0 Å². The third-order valence-corrected chi connectivity index (χ3v) is 2.29. The predicted molar refractivity (Wildman–Crippen MR) is 59.4 cm³/mol. The van der Waals surface area contributed by atoms with Gasteiger partial charge >= 0.3 is 0 Å². The van der Waals surface area contributed by atoms with Crippen LogP contribution in [-0.4, -0.2) is 10.2 Å². The van der Waals surface area contributed by atoms with Crippen LogP contribution in [0.1, 0.15) is 52.8 Å². The van der Waals surface area contributed by atoms with Crippen LogP contribution in [-0.2, 0) is 10.8 Å². The number of rotatable bonds is 0. The van der Waals surface area contributed by atoms with Gasteiger partial charge in [0.2, 0.25) is 0 Å². The van der Waals surface area contributed by atoms with Gasteiger partial charge in [-0.3, -0.25) is 0 Å². The molecule has 0 aliphatic heterocycles. The van der Waals surface area contributed by atoms with Crippen molar-refractivity contribution in [2.75, 3.05) is 0 Å². The zero-order chi connectivity index (χ0) is 11.0. The summed E-state index contributed by atoms with van der Waals surface area (Å²) in [5, 5.41) is 8.24. The van der Waals surface area contributed by atoms with Gasteiger partial charge in [-0.15, -0.1) is 0 Å². The Morgan fingerprint density at radius 1 is 0.929 bits per heavy atom. The summed E-state index contributed by atoms with van der Waals surface area (Å²) in [6.45, 7) is 13.0. The SMILES string of the molecule is CC(C)(C)c1cnnc(C(C)(C)C)c1. The molecule has 0 amide bonds. The zero-order valence-corrected chi connectivity index (χ0v) is 10.0. The second kappa shape index (κ2) is 3.34. The molecule has 0 aromatic carbocycles. The van der Waals surface area contributed by atoms with Gasteiger partial charge in [0.05, 0.1) is 11.9 Å². The first-order chi connectivity index (χ1) is 6.21. The highest BCUT2D eigenvalue weighted by Crippen LogP contribution is 2.25. The van der Waals surface area contributed by atoms with E-state index >= 15 is 0 Å². The molecule has 0 bridgehead atoms. The van der Waals surface area contributed by atoms with Crippen molar-refractivity contribution in [2.24, 2.45) is 0 Å². The van der Waals surface area contributed by atoms with Crippen LogP contribution in [0, 0.1) is 0 Å². The number of hydrogen-bond acceptors (Lipinski definition) is 2. The Kier molecular flexibility index (Phi) is 2.66. The zero-order valence-electron chi connectivity index (χ0n) is 10.0. The Hall–Kier alpha value is -0.920. The van der Waals surface area contributed by atoms with Crippen LogP contribution in [0.25, 0.3) is 0 Å². The number of hydrogen-bond donors (Lipinski definition) is 0. The van der Waals surface area contributed by atoms with Gasteiger partial charge in [0.15, 0.2) is 0 Å². The minimum atomic E-state index is 0.0776. The summed E-state index contributed by atoms with van der Waals surface area (Å²) in [7, 11) is 0. The monoisotopic (exact) mass is 192 g/mol. The molecule has 0 spiro atoms. The van der Waals surface area contributed by atoms with Crippen molar-refractivity contribution in [1.29, 1.82) is 0 Å². The molecule has 1 heterocycles. The van der Waals surface area contributed by atoms with E-state index in [-0.39, 0.29) is 10.8 Å². The maximum absolute atomic E-state index is 4.17. The topological polar surface area (TPSA) is 25.8 Å². The molecule has 0 atom stereocenters. The lowest BCUT2D eigenvalue weighted by molar-refractivity contribution is 0.539. The Morgan fingerprint density at radius 2 is 1.50 bits per heavy atom. The van der Waals surface area contributed by atoms with Crippen LogP contribution >= 0.6 is 0 Å². The molecule has 2 nitrogen and oxygen atoms in total. The second-order valence-electron chi connectivity index (χ2n) is 5.83. The smallest absolute Gasteiger partial charge is 0.0687 e. The molecule has 1 aromatic rings. The van der Waals surface area contributed by atoms with E-state index in [1.807, 2.05) is 6.20 Å². The van der Waals surface area contributed by atoms with E-state index in [2.05, 4.69) is 57.8 Å². The van der Waals surface area contributed by atoms with E-state index in [4.69, 9.17) is 0 Å². The van der Waals surface area contributed by atoms with E-state index in [1.165, 1.54) is 5.56 Å². The average Bonchev–Trinajstić information content (AvgIpc) is 2.01. The molecule has 1 rings (SSSR count). The molecule has 0 unspecified atom stereocenters. The molecule has 0 N–H and O–H groups in total. The Bertz CT molecular complexity index is 287. The quantitative estimate of drug-likeness (QED) is 0.631. The average molecular weight is 192 g/mol. The summed E-state index contributed by atoms with van der Waals surface area (Å²) in [4.78, 5) is 0. The third-order valence-electron chi connectivity index (χ3n) is 2.29. The maximum atomic E-state index is 4.17. The Morgan fingerprint density at radius 3 is 1.93 bits per heavy atom. The maximum Gasteiger partial charge on any atom is 0.0687 e. The Labute approximate surface area is 86.8 Å².